The molecule has 0 saturated heterocycles. The van der Waals surface area contributed by atoms with Crippen LogP contribution in [0.2, 0.25) is 8.87 Å². The molecule has 0 aliphatic carbocycles. The van der Waals surface area contributed by atoms with Crippen molar-refractivity contribution in [2.24, 2.45) is 0 Å². The molecule has 0 spiro atoms. The van der Waals surface area contributed by atoms with E-state index in [0.29, 0.717) is 12.8 Å². The van der Waals surface area contributed by atoms with Crippen LogP contribution in [0.25, 0.3) is 0 Å². The molecule has 0 atom stereocenters. The van der Waals surface area contributed by atoms with Crippen molar-refractivity contribution in [2.45, 2.75) is 191 Å². The zero-order chi connectivity index (χ0) is 27.8. The summed E-state index contributed by atoms with van der Waals surface area (Å²) >= 11 is -1.99. The molecule has 0 aromatic carbocycles. The first-order valence-corrected chi connectivity index (χ1v) is 22.4. The fourth-order valence-electron chi connectivity index (χ4n) is 4.54. The first-order chi connectivity index (χ1) is 18.0. The Bertz CT molecular complexity index is 462. The van der Waals surface area contributed by atoms with E-state index in [2.05, 4.69) is 27.7 Å². The van der Waals surface area contributed by atoms with Crippen LogP contribution in [0.3, 0.4) is 0 Å². The Labute approximate surface area is 239 Å². The third-order valence-corrected chi connectivity index (χ3v) is 14.7. The van der Waals surface area contributed by atoms with Crippen molar-refractivity contribution >= 4 is 32.1 Å². The summed E-state index contributed by atoms with van der Waals surface area (Å²) in [6.45, 7) is 8.95. The third kappa shape index (κ3) is 35.7. The summed E-state index contributed by atoms with van der Waals surface area (Å²) in [5, 5.41) is 8.41. The van der Waals surface area contributed by atoms with E-state index in [4.69, 9.17) is 8.18 Å². The molecule has 0 radical (unpaired) electrons. The van der Waals surface area contributed by atoms with E-state index in [1.54, 1.807) is 0 Å². The SMILES string of the molecule is CCCCCCCCCCCC(=O)O.CCCCCCCCCCCC(=O)[O][SnH]([CH2]CCC)[CH2]CCC. The van der Waals surface area contributed by atoms with Crippen molar-refractivity contribution in [3.63, 3.8) is 0 Å². The van der Waals surface area contributed by atoms with Crippen LogP contribution < -0.4 is 0 Å². The summed E-state index contributed by atoms with van der Waals surface area (Å²) in [6, 6.07) is 0. The monoisotopic (exact) mass is 634 g/mol. The van der Waals surface area contributed by atoms with Gasteiger partial charge in [-0.2, -0.15) is 0 Å². The number of hydrogen-bond acceptors (Lipinski definition) is 3. The molecule has 222 valence electrons. The summed E-state index contributed by atoms with van der Waals surface area (Å²) < 4.78 is 8.40. The quantitative estimate of drug-likeness (QED) is 0.0722. The zero-order valence-electron chi connectivity index (χ0n) is 25.6. The fraction of sp³-hybridized carbons (Fsp3) is 0.938. The Hall–Kier alpha value is -0.261. The molecule has 0 aromatic heterocycles. The predicted molar refractivity (Wildman–Crippen MR) is 164 cm³/mol. The summed E-state index contributed by atoms with van der Waals surface area (Å²) in [7, 11) is 0. The Morgan fingerprint density at radius 3 is 1.16 bits per heavy atom. The first kappa shape index (κ1) is 38.9. The van der Waals surface area contributed by atoms with Crippen molar-refractivity contribution in [3.05, 3.63) is 0 Å². The average molecular weight is 634 g/mol. The average Bonchev–Trinajstić information content (AvgIpc) is 2.88. The van der Waals surface area contributed by atoms with E-state index in [9.17, 15) is 9.59 Å². The molecule has 1 N–H and O–H groups in total. The van der Waals surface area contributed by atoms with Crippen LogP contribution in [0.4, 0.5) is 0 Å². The van der Waals surface area contributed by atoms with Crippen molar-refractivity contribution in [1.82, 2.24) is 0 Å². The van der Waals surface area contributed by atoms with E-state index in [1.807, 2.05) is 0 Å². The van der Waals surface area contributed by atoms with E-state index >= 15 is 0 Å². The second kappa shape index (κ2) is 33.8. The molecule has 0 saturated carbocycles. The number of carbonyl (C=O) groups is 2. The molecule has 0 aliphatic heterocycles. The van der Waals surface area contributed by atoms with Crippen molar-refractivity contribution in [2.75, 3.05) is 0 Å². The molecule has 0 aromatic rings. The van der Waals surface area contributed by atoms with Crippen molar-refractivity contribution in [1.29, 1.82) is 0 Å². The topological polar surface area (TPSA) is 63.6 Å². The minimum atomic E-state index is -1.99. The minimum absolute atomic E-state index is 0.126. The fourth-order valence-corrected chi connectivity index (χ4v) is 12.4. The molecule has 0 aliphatic rings. The second-order valence-electron chi connectivity index (χ2n) is 10.9. The molecule has 4 nitrogen and oxygen atoms in total. The second-order valence-corrected chi connectivity index (χ2v) is 18.5. The van der Waals surface area contributed by atoms with Gasteiger partial charge in [-0.1, -0.05) is 65.2 Å². The summed E-state index contributed by atoms with van der Waals surface area (Å²) in [5.74, 6) is -0.533. The van der Waals surface area contributed by atoms with Crippen LogP contribution in [0.15, 0.2) is 0 Å². The van der Waals surface area contributed by atoms with Crippen molar-refractivity contribution in [3.8, 4) is 0 Å². The first-order valence-electron chi connectivity index (χ1n) is 16.4. The van der Waals surface area contributed by atoms with Gasteiger partial charge in [0.25, 0.3) is 0 Å². The number of carboxylic acid groups (broad SMARTS) is 1. The van der Waals surface area contributed by atoms with E-state index in [-0.39, 0.29) is 5.97 Å². The van der Waals surface area contributed by atoms with Gasteiger partial charge in [0.2, 0.25) is 0 Å². The van der Waals surface area contributed by atoms with Gasteiger partial charge in [-0.15, -0.1) is 0 Å². The Kier molecular flexibility index (Phi) is 35.5. The molecule has 0 bridgehead atoms. The normalized spacial score (nSPS) is 10.8. The molecule has 37 heavy (non-hydrogen) atoms. The molecule has 0 amide bonds. The van der Waals surface area contributed by atoms with Gasteiger partial charge >= 0.3 is 153 Å². The molecule has 0 unspecified atom stereocenters. The number of rotatable bonds is 27. The van der Waals surface area contributed by atoms with Crippen LogP contribution in [0, 0.1) is 0 Å². The van der Waals surface area contributed by atoms with E-state index < -0.39 is 26.1 Å². The van der Waals surface area contributed by atoms with Gasteiger partial charge in [-0.05, 0) is 6.42 Å². The Balaban J connectivity index is 0. The van der Waals surface area contributed by atoms with Gasteiger partial charge in [0, 0.05) is 6.42 Å². The molecule has 0 fully saturated rings. The number of carbonyl (C=O) groups excluding carboxylic acids is 1. The van der Waals surface area contributed by atoms with Crippen LogP contribution in [-0.4, -0.2) is 37.2 Å². The predicted octanol–water partition coefficient (Wildman–Crippen LogP) is 10.8. The molecular weight excluding hydrogens is 567 g/mol. The van der Waals surface area contributed by atoms with Crippen LogP contribution in [0.5, 0.6) is 0 Å². The van der Waals surface area contributed by atoms with Gasteiger partial charge in [0.05, 0.1) is 0 Å². The maximum atomic E-state index is 12.0. The van der Waals surface area contributed by atoms with Gasteiger partial charge in [-0.3, -0.25) is 4.79 Å². The van der Waals surface area contributed by atoms with Gasteiger partial charge < -0.3 is 5.11 Å². The summed E-state index contributed by atoms with van der Waals surface area (Å²) in [6.07, 6.45) is 28.9. The molecule has 0 rings (SSSR count). The van der Waals surface area contributed by atoms with Crippen LogP contribution in [0.1, 0.15) is 182 Å². The number of hydrogen-bond donors (Lipinski definition) is 1. The molecule has 5 heteroatoms. The number of unbranched alkanes of at least 4 members (excludes halogenated alkanes) is 18. The van der Waals surface area contributed by atoms with Crippen LogP contribution in [-0.2, 0) is 12.7 Å². The van der Waals surface area contributed by atoms with Gasteiger partial charge in [-0.25, -0.2) is 0 Å². The van der Waals surface area contributed by atoms with Gasteiger partial charge in [0.1, 0.15) is 0 Å². The van der Waals surface area contributed by atoms with Gasteiger partial charge in [0.15, 0.2) is 0 Å². The van der Waals surface area contributed by atoms with E-state index in [0.717, 1.165) is 19.3 Å². The number of aliphatic carboxylic acids is 1. The van der Waals surface area contributed by atoms with Crippen molar-refractivity contribution < 1.29 is 17.8 Å². The standard InChI is InChI=1S/2C12H24O2.2C4H9.Sn.H/c2*1-2-3-4-5-6-7-8-9-10-11-12(13)14;2*1-3-4-2;;/h2*2-11H2,1H3,(H,13,14);2*1,3-4H2,2H3;;/q;;;;+1;/p-1. The zero-order valence-corrected chi connectivity index (χ0v) is 28.9. The Morgan fingerprint density at radius 1 is 0.486 bits per heavy atom. The molecule has 0 heterocycles. The Morgan fingerprint density at radius 2 is 0.811 bits per heavy atom. The third-order valence-electron chi connectivity index (χ3n) is 7.04. The maximum absolute atomic E-state index is 12.0. The summed E-state index contributed by atoms with van der Waals surface area (Å²) in [4.78, 5) is 22.2. The number of carboxylic acids is 1. The van der Waals surface area contributed by atoms with E-state index in [1.165, 1.54) is 131 Å². The van der Waals surface area contributed by atoms with Crippen LogP contribution >= 0.6 is 0 Å². The summed E-state index contributed by atoms with van der Waals surface area (Å²) in [5.41, 5.74) is 0. The molecular formula is C32H66O4Sn.